The number of phenols is 1. The summed E-state index contributed by atoms with van der Waals surface area (Å²) < 4.78 is 10.5. The summed E-state index contributed by atoms with van der Waals surface area (Å²) in [5, 5.41) is 10.0. The van der Waals surface area contributed by atoms with Gasteiger partial charge in [-0.15, -0.1) is 0 Å². The smallest absolute Gasteiger partial charge is 0.172 e. The highest BCUT2D eigenvalue weighted by Crippen LogP contribution is 2.42. The first-order valence-corrected chi connectivity index (χ1v) is 5.85. The van der Waals surface area contributed by atoms with Crippen molar-refractivity contribution in [3.05, 3.63) is 16.7 Å². The maximum atomic E-state index is 12.3. The predicted molar refractivity (Wildman–Crippen MR) is 69.9 cm³/mol. The van der Waals surface area contributed by atoms with Crippen molar-refractivity contribution in [2.45, 2.75) is 27.7 Å². The van der Waals surface area contributed by atoms with Crippen LogP contribution in [-0.2, 0) is 0 Å². The second kappa shape index (κ2) is 5.29. The Hall–Kier alpha value is -1.71. The first kappa shape index (κ1) is 14.4. The van der Waals surface area contributed by atoms with E-state index in [4.69, 9.17) is 9.47 Å². The molecule has 0 spiro atoms. The van der Waals surface area contributed by atoms with E-state index in [0.29, 0.717) is 28.2 Å². The normalized spacial score (nSPS) is 10.6. The number of hydrogen-bond donors (Lipinski definition) is 1. The van der Waals surface area contributed by atoms with Gasteiger partial charge < -0.3 is 14.6 Å². The molecule has 0 heterocycles. The third-order valence-corrected chi connectivity index (χ3v) is 3.02. The monoisotopic (exact) mass is 252 g/mol. The summed E-state index contributed by atoms with van der Waals surface area (Å²) in [4.78, 5) is 12.3. The summed E-state index contributed by atoms with van der Waals surface area (Å²) in [5.41, 5.74) is 1.52. The zero-order valence-electron chi connectivity index (χ0n) is 11.7. The average molecular weight is 252 g/mol. The zero-order chi connectivity index (χ0) is 14.0. The van der Waals surface area contributed by atoms with Crippen molar-refractivity contribution in [3.8, 4) is 17.2 Å². The van der Waals surface area contributed by atoms with Crippen LogP contribution in [0.1, 0.15) is 35.3 Å². The molecule has 100 valence electrons. The third-order valence-electron chi connectivity index (χ3n) is 3.02. The van der Waals surface area contributed by atoms with Gasteiger partial charge in [-0.1, -0.05) is 13.8 Å². The van der Waals surface area contributed by atoms with Gasteiger partial charge in [0.25, 0.3) is 0 Å². The molecule has 0 amide bonds. The van der Waals surface area contributed by atoms with E-state index >= 15 is 0 Å². The number of aromatic hydroxyl groups is 1. The number of benzene rings is 1. The van der Waals surface area contributed by atoms with Gasteiger partial charge in [-0.25, -0.2) is 0 Å². The Kier molecular flexibility index (Phi) is 4.22. The number of ketones is 1. The quantitative estimate of drug-likeness (QED) is 0.837. The molecule has 18 heavy (non-hydrogen) atoms. The molecule has 0 saturated heterocycles. The highest BCUT2D eigenvalue weighted by Gasteiger charge is 2.27. The summed E-state index contributed by atoms with van der Waals surface area (Å²) in [7, 11) is 2.96. The van der Waals surface area contributed by atoms with Crippen molar-refractivity contribution in [1.29, 1.82) is 0 Å². The van der Waals surface area contributed by atoms with E-state index in [9.17, 15) is 9.90 Å². The lowest BCUT2D eigenvalue weighted by Crippen LogP contribution is -2.13. The standard InChI is InChI=1S/C14H20O4/c1-7(2)11(15)10-13(17-5)8(3)12(16)9(4)14(10)18-6/h7,16H,1-6H3. The Balaban J connectivity index is 3.70. The van der Waals surface area contributed by atoms with Crippen molar-refractivity contribution >= 4 is 5.78 Å². The van der Waals surface area contributed by atoms with E-state index in [-0.39, 0.29) is 17.5 Å². The van der Waals surface area contributed by atoms with E-state index < -0.39 is 0 Å². The van der Waals surface area contributed by atoms with Crippen LogP contribution in [0.15, 0.2) is 0 Å². The van der Waals surface area contributed by atoms with Crippen LogP contribution < -0.4 is 9.47 Å². The van der Waals surface area contributed by atoms with Crippen LogP contribution >= 0.6 is 0 Å². The highest BCUT2D eigenvalue weighted by molar-refractivity contribution is 6.03. The van der Waals surface area contributed by atoms with Crippen LogP contribution in [-0.4, -0.2) is 25.1 Å². The predicted octanol–water partition coefficient (Wildman–Crippen LogP) is 2.86. The van der Waals surface area contributed by atoms with Crippen molar-refractivity contribution in [1.82, 2.24) is 0 Å². The van der Waals surface area contributed by atoms with Crippen LogP contribution in [0.3, 0.4) is 0 Å². The number of Topliss-reactive ketones (excluding diaryl/α,β-unsaturated/α-hetero) is 1. The molecule has 0 radical (unpaired) electrons. The maximum absolute atomic E-state index is 12.3. The van der Waals surface area contributed by atoms with Crippen molar-refractivity contribution in [2.75, 3.05) is 14.2 Å². The second-order valence-corrected chi connectivity index (χ2v) is 4.56. The van der Waals surface area contributed by atoms with Gasteiger partial charge in [0.05, 0.1) is 14.2 Å². The first-order valence-electron chi connectivity index (χ1n) is 5.85. The Labute approximate surface area is 108 Å². The van der Waals surface area contributed by atoms with Gasteiger partial charge in [-0.3, -0.25) is 4.79 Å². The molecule has 0 aromatic heterocycles. The molecule has 0 unspecified atom stereocenters. The number of carbonyl (C=O) groups is 1. The minimum Gasteiger partial charge on any atom is -0.507 e. The fraction of sp³-hybridized carbons (Fsp3) is 0.500. The number of methoxy groups -OCH3 is 2. The largest absolute Gasteiger partial charge is 0.507 e. The molecule has 0 fully saturated rings. The van der Waals surface area contributed by atoms with Crippen molar-refractivity contribution in [2.24, 2.45) is 5.92 Å². The van der Waals surface area contributed by atoms with Crippen LogP contribution in [0.5, 0.6) is 17.2 Å². The minimum absolute atomic E-state index is 0.0603. The van der Waals surface area contributed by atoms with Crippen LogP contribution in [0.25, 0.3) is 0 Å². The molecule has 4 heteroatoms. The maximum Gasteiger partial charge on any atom is 0.172 e. The molecule has 0 aliphatic carbocycles. The van der Waals surface area contributed by atoms with Gasteiger partial charge in [0, 0.05) is 17.0 Å². The van der Waals surface area contributed by atoms with Gasteiger partial charge in [0.15, 0.2) is 5.78 Å². The Bertz CT molecular complexity index is 444. The molecular weight excluding hydrogens is 232 g/mol. The molecule has 0 aliphatic rings. The summed E-state index contributed by atoms with van der Waals surface area (Å²) in [6, 6.07) is 0. The van der Waals surface area contributed by atoms with Gasteiger partial charge in [-0.2, -0.15) is 0 Å². The molecule has 0 atom stereocenters. The second-order valence-electron chi connectivity index (χ2n) is 4.56. The van der Waals surface area contributed by atoms with E-state index in [1.165, 1.54) is 14.2 Å². The zero-order valence-corrected chi connectivity index (χ0v) is 11.7. The van der Waals surface area contributed by atoms with Gasteiger partial charge in [0.2, 0.25) is 0 Å². The lowest BCUT2D eigenvalue weighted by Gasteiger charge is -2.19. The molecular formula is C14H20O4. The van der Waals surface area contributed by atoms with Crippen molar-refractivity contribution < 1.29 is 19.4 Å². The van der Waals surface area contributed by atoms with Crippen molar-refractivity contribution in [3.63, 3.8) is 0 Å². The summed E-state index contributed by atoms with van der Waals surface area (Å²) >= 11 is 0. The van der Waals surface area contributed by atoms with Crippen LogP contribution in [0.2, 0.25) is 0 Å². The van der Waals surface area contributed by atoms with Gasteiger partial charge in [-0.05, 0) is 13.8 Å². The lowest BCUT2D eigenvalue weighted by molar-refractivity contribution is 0.0932. The average Bonchev–Trinajstić information content (AvgIpc) is 2.34. The SMILES string of the molecule is COc1c(C)c(O)c(C)c(OC)c1C(=O)C(C)C. The highest BCUT2D eigenvalue weighted by atomic mass is 16.5. The Morgan fingerprint density at radius 1 is 1.06 bits per heavy atom. The number of carbonyl (C=O) groups excluding carboxylic acids is 1. The minimum atomic E-state index is -0.170. The van der Waals surface area contributed by atoms with E-state index in [1.807, 2.05) is 13.8 Å². The molecule has 1 aromatic carbocycles. The third kappa shape index (κ3) is 2.15. The molecule has 0 aliphatic heterocycles. The lowest BCUT2D eigenvalue weighted by atomic mass is 9.94. The van der Waals surface area contributed by atoms with E-state index in [1.54, 1.807) is 13.8 Å². The summed E-state index contributed by atoms with van der Waals surface area (Å²) in [5.74, 6) is 0.636. The fourth-order valence-electron chi connectivity index (χ4n) is 2.00. The Morgan fingerprint density at radius 3 is 1.72 bits per heavy atom. The molecule has 1 N–H and O–H groups in total. The molecule has 1 rings (SSSR count). The number of rotatable bonds is 4. The van der Waals surface area contributed by atoms with E-state index in [0.717, 1.165) is 0 Å². The molecule has 0 bridgehead atoms. The fourth-order valence-corrected chi connectivity index (χ4v) is 2.00. The molecule has 4 nitrogen and oxygen atoms in total. The summed E-state index contributed by atoms with van der Waals surface area (Å²) in [6.07, 6.45) is 0. The summed E-state index contributed by atoms with van der Waals surface area (Å²) in [6.45, 7) is 7.08. The topological polar surface area (TPSA) is 55.8 Å². The van der Waals surface area contributed by atoms with E-state index in [2.05, 4.69) is 0 Å². The Morgan fingerprint density at radius 2 is 1.44 bits per heavy atom. The number of ether oxygens (including phenoxy) is 2. The number of phenolic OH excluding ortho intramolecular Hbond substituents is 1. The van der Waals surface area contributed by atoms with Crippen LogP contribution in [0, 0.1) is 19.8 Å². The molecule has 1 aromatic rings. The first-order chi connectivity index (χ1) is 8.36. The molecule has 0 saturated carbocycles. The number of hydrogen-bond acceptors (Lipinski definition) is 4. The van der Waals surface area contributed by atoms with Gasteiger partial charge >= 0.3 is 0 Å². The van der Waals surface area contributed by atoms with Crippen LogP contribution in [0.4, 0.5) is 0 Å². The van der Waals surface area contributed by atoms with Gasteiger partial charge in [0.1, 0.15) is 22.8 Å².